The molecule has 0 spiro atoms. The normalized spacial score (nSPS) is 15.5. The molecular weight excluding hydrogens is 408 g/mol. The van der Waals surface area contributed by atoms with Crippen molar-refractivity contribution in [1.82, 2.24) is 5.32 Å². The lowest BCUT2D eigenvalue weighted by Gasteiger charge is -2.14. The minimum atomic E-state index is -0.392. The standard InChI is InChI=1S/C29H26N2O2/c30-20-29(15-16-29)22-10-7-9-21(18-22)8-5-6-17-31-28(32)33-19-27-25-13-3-1-11-23(25)24-12-2-4-14-26(24)27/h1-5,7-14,18,27H,6,15-17,19H2,(H,31,32). The molecule has 0 aromatic heterocycles. The first-order valence-corrected chi connectivity index (χ1v) is 11.5. The second-order valence-electron chi connectivity index (χ2n) is 8.76. The predicted octanol–water partition coefficient (Wildman–Crippen LogP) is 6.18. The molecule has 164 valence electrons. The van der Waals surface area contributed by atoms with Crippen molar-refractivity contribution in [2.24, 2.45) is 0 Å². The number of nitrogens with one attached hydrogen (secondary N) is 1. The van der Waals surface area contributed by atoms with Crippen molar-refractivity contribution in [3.05, 3.63) is 101 Å². The summed E-state index contributed by atoms with van der Waals surface area (Å²) in [5.41, 5.74) is 6.77. The van der Waals surface area contributed by atoms with Gasteiger partial charge in [0.05, 0.1) is 11.5 Å². The summed E-state index contributed by atoms with van der Waals surface area (Å²) in [5, 5.41) is 12.2. The number of carbonyl (C=O) groups is 1. The fourth-order valence-electron chi connectivity index (χ4n) is 4.66. The van der Waals surface area contributed by atoms with Crippen LogP contribution in [0.4, 0.5) is 4.79 Å². The van der Waals surface area contributed by atoms with Crippen molar-refractivity contribution in [1.29, 1.82) is 5.26 Å². The van der Waals surface area contributed by atoms with Gasteiger partial charge in [0, 0.05) is 12.5 Å². The van der Waals surface area contributed by atoms with Gasteiger partial charge < -0.3 is 10.1 Å². The molecule has 1 amide bonds. The highest BCUT2D eigenvalue weighted by Gasteiger charge is 2.44. The van der Waals surface area contributed by atoms with E-state index >= 15 is 0 Å². The number of alkyl carbamates (subject to hydrolysis) is 1. The van der Waals surface area contributed by atoms with Gasteiger partial charge in [-0.1, -0.05) is 84.9 Å². The summed E-state index contributed by atoms with van der Waals surface area (Å²) in [5.74, 6) is 0.0680. The maximum absolute atomic E-state index is 12.3. The molecule has 0 heterocycles. The van der Waals surface area contributed by atoms with Gasteiger partial charge in [0.1, 0.15) is 6.61 Å². The first-order valence-electron chi connectivity index (χ1n) is 11.5. The van der Waals surface area contributed by atoms with E-state index in [1.165, 1.54) is 22.3 Å². The Labute approximate surface area is 194 Å². The molecule has 5 rings (SSSR count). The molecule has 0 saturated heterocycles. The average molecular weight is 435 g/mol. The Hall–Kier alpha value is -3.84. The summed E-state index contributed by atoms with van der Waals surface area (Å²) in [6.07, 6.45) is 6.28. The molecule has 3 aromatic rings. The van der Waals surface area contributed by atoms with Gasteiger partial charge in [-0.2, -0.15) is 5.26 Å². The van der Waals surface area contributed by atoms with Crippen LogP contribution in [0.25, 0.3) is 17.2 Å². The molecule has 0 bridgehead atoms. The molecule has 1 fully saturated rings. The van der Waals surface area contributed by atoms with E-state index in [0.717, 1.165) is 24.0 Å². The Morgan fingerprint density at radius 3 is 2.39 bits per heavy atom. The van der Waals surface area contributed by atoms with E-state index in [0.29, 0.717) is 19.6 Å². The van der Waals surface area contributed by atoms with E-state index in [4.69, 9.17) is 4.74 Å². The highest BCUT2D eigenvalue weighted by molar-refractivity contribution is 5.79. The molecule has 0 aliphatic heterocycles. The first kappa shape index (κ1) is 21.0. The maximum atomic E-state index is 12.3. The van der Waals surface area contributed by atoms with E-state index < -0.39 is 6.09 Å². The molecule has 4 nitrogen and oxygen atoms in total. The zero-order valence-corrected chi connectivity index (χ0v) is 18.5. The smallest absolute Gasteiger partial charge is 0.407 e. The Morgan fingerprint density at radius 1 is 1.03 bits per heavy atom. The monoisotopic (exact) mass is 434 g/mol. The van der Waals surface area contributed by atoms with Gasteiger partial charge in [0.25, 0.3) is 0 Å². The summed E-state index contributed by atoms with van der Waals surface area (Å²) < 4.78 is 5.57. The van der Waals surface area contributed by atoms with Crippen LogP contribution in [-0.4, -0.2) is 19.2 Å². The first-order chi connectivity index (χ1) is 16.2. The van der Waals surface area contributed by atoms with Crippen molar-refractivity contribution in [3.63, 3.8) is 0 Å². The van der Waals surface area contributed by atoms with Gasteiger partial charge in [-0.25, -0.2) is 4.79 Å². The average Bonchev–Trinajstić information content (AvgIpc) is 3.60. The lowest BCUT2D eigenvalue weighted by molar-refractivity contribution is 0.143. The van der Waals surface area contributed by atoms with Crippen molar-refractivity contribution in [3.8, 4) is 17.2 Å². The summed E-state index contributed by atoms with van der Waals surface area (Å²) in [6.45, 7) is 0.831. The Bertz CT molecular complexity index is 1200. The number of carbonyl (C=O) groups excluding carboxylic acids is 1. The summed E-state index contributed by atoms with van der Waals surface area (Å²) in [6, 6.07) is 27.2. The minimum absolute atomic E-state index is 0.0680. The van der Waals surface area contributed by atoms with Crippen molar-refractivity contribution in [2.75, 3.05) is 13.2 Å². The van der Waals surface area contributed by atoms with Crippen LogP contribution in [0.2, 0.25) is 0 Å². The second-order valence-corrected chi connectivity index (χ2v) is 8.76. The van der Waals surface area contributed by atoms with Crippen molar-refractivity contribution in [2.45, 2.75) is 30.6 Å². The number of rotatable bonds is 7. The third kappa shape index (κ3) is 4.27. The summed E-state index contributed by atoms with van der Waals surface area (Å²) in [4.78, 5) is 12.3. The van der Waals surface area contributed by atoms with E-state index in [-0.39, 0.29) is 11.3 Å². The molecule has 0 radical (unpaired) electrons. The summed E-state index contributed by atoms with van der Waals surface area (Å²) >= 11 is 0. The fourth-order valence-corrected chi connectivity index (χ4v) is 4.66. The van der Waals surface area contributed by atoms with Gasteiger partial charge in [0.15, 0.2) is 0 Å². The minimum Gasteiger partial charge on any atom is -0.449 e. The number of nitrogens with zero attached hydrogens (tertiary/aromatic N) is 1. The van der Waals surface area contributed by atoms with E-state index in [1.54, 1.807) is 0 Å². The van der Waals surface area contributed by atoms with E-state index in [2.05, 4.69) is 41.7 Å². The van der Waals surface area contributed by atoms with Gasteiger partial charge in [-0.3, -0.25) is 0 Å². The van der Waals surface area contributed by atoms with Crippen molar-refractivity contribution < 1.29 is 9.53 Å². The third-order valence-electron chi connectivity index (χ3n) is 6.64. The molecule has 4 heteroatoms. The molecule has 1 saturated carbocycles. The Morgan fingerprint density at radius 2 is 1.73 bits per heavy atom. The molecule has 33 heavy (non-hydrogen) atoms. The highest BCUT2D eigenvalue weighted by atomic mass is 16.5. The number of fused-ring (bicyclic) bond motifs is 3. The zero-order chi connectivity index (χ0) is 22.7. The topological polar surface area (TPSA) is 62.1 Å². The lowest BCUT2D eigenvalue weighted by atomic mass is 9.96. The van der Waals surface area contributed by atoms with E-state index in [1.807, 2.05) is 54.6 Å². The molecule has 3 aromatic carbocycles. The molecule has 2 aliphatic rings. The van der Waals surface area contributed by atoms with Crippen LogP contribution < -0.4 is 5.32 Å². The largest absolute Gasteiger partial charge is 0.449 e. The molecule has 2 aliphatic carbocycles. The van der Waals surface area contributed by atoms with Crippen LogP contribution in [0.3, 0.4) is 0 Å². The molecular formula is C29H26N2O2. The zero-order valence-electron chi connectivity index (χ0n) is 18.5. The van der Waals surface area contributed by atoms with Crippen LogP contribution in [0.15, 0.2) is 78.9 Å². The van der Waals surface area contributed by atoms with Gasteiger partial charge >= 0.3 is 6.09 Å². The SMILES string of the molecule is N#CC1(c2cccc(C=CCCNC(=O)OCC3c4ccccc4-c4ccccc43)c2)CC1. The van der Waals surface area contributed by atoms with Gasteiger partial charge in [-0.05, 0) is 52.6 Å². The van der Waals surface area contributed by atoms with Gasteiger partial charge in [0.2, 0.25) is 0 Å². The number of ether oxygens (including phenoxy) is 1. The van der Waals surface area contributed by atoms with Crippen molar-refractivity contribution >= 4 is 12.2 Å². The quantitative estimate of drug-likeness (QED) is 0.452. The van der Waals surface area contributed by atoms with Crippen LogP contribution >= 0.6 is 0 Å². The number of hydrogen-bond donors (Lipinski definition) is 1. The number of hydrogen-bond acceptors (Lipinski definition) is 3. The molecule has 0 unspecified atom stereocenters. The highest BCUT2D eigenvalue weighted by Crippen LogP contribution is 2.47. The second kappa shape index (κ2) is 8.96. The van der Waals surface area contributed by atoms with E-state index in [9.17, 15) is 10.1 Å². The number of nitriles is 1. The Balaban J connectivity index is 1.11. The Kier molecular flexibility index (Phi) is 5.71. The van der Waals surface area contributed by atoms with Crippen LogP contribution in [-0.2, 0) is 10.2 Å². The molecule has 1 N–H and O–H groups in total. The number of benzene rings is 3. The predicted molar refractivity (Wildman–Crippen MR) is 130 cm³/mol. The van der Waals surface area contributed by atoms with Crippen LogP contribution in [0.1, 0.15) is 47.4 Å². The van der Waals surface area contributed by atoms with Crippen LogP contribution in [0, 0.1) is 11.3 Å². The fraction of sp³-hybridized carbons (Fsp3) is 0.241. The molecule has 0 atom stereocenters. The van der Waals surface area contributed by atoms with Crippen LogP contribution in [0.5, 0.6) is 0 Å². The maximum Gasteiger partial charge on any atom is 0.407 e. The third-order valence-corrected chi connectivity index (χ3v) is 6.64. The summed E-state index contributed by atoms with van der Waals surface area (Å²) in [7, 11) is 0. The van der Waals surface area contributed by atoms with Gasteiger partial charge in [-0.15, -0.1) is 0 Å². The number of amides is 1. The lowest BCUT2D eigenvalue weighted by Crippen LogP contribution is -2.26.